The first-order valence-electron chi connectivity index (χ1n) is 6.42. The third-order valence-electron chi connectivity index (χ3n) is 3.16. The molecule has 0 aliphatic carbocycles. The largest absolute Gasteiger partial charge is 0.490 e. The zero-order chi connectivity index (χ0) is 13.9. The molecule has 0 fully saturated rings. The molecular weight excluding hydrogens is 244 g/mol. The average molecular weight is 264 g/mol. The molecule has 5 heteroatoms. The van der Waals surface area contributed by atoms with Crippen LogP contribution in [0.2, 0.25) is 0 Å². The highest BCUT2D eigenvalue weighted by Crippen LogP contribution is 2.30. The summed E-state index contributed by atoms with van der Waals surface area (Å²) < 4.78 is 11.2. The molecule has 2 rings (SSSR count). The van der Waals surface area contributed by atoms with Crippen LogP contribution in [0.4, 0.5) is 0 Å². The van der Waals surface area contributed by atoms with Crippen LogP contribution in [-0.4, -0.2) is 24.7 Å². The third-order valence-corrected chi connectivity index (χ3v) is 3.16. The van der Waals surface area contributed by atoms with Gasteiger partial charge in [0.2, 0.25) is 5.91 Å². The number of carbonyl (C=O) groups is 1. The van der Waals surface area contributed by atoms with Gasteiger partial charge in [-0.15, -0.1) is 0 Å². The standard InChI is InChI=1S/C14H20N2O3/c1-14(2,13(15)17)16-9-10-4-5-11-12(8-10)19-7-3-6-18-11/h4-5,8,16H,3,6-7,9H2,1-2H3,(H2,15,17). The van der Waals surface area contributed by atoms with Gasteiger partial charge in [0.1, 0.15) is 0 Å². The molecule has 0 saturated carbocycles. The van der Waals surface area contributed by atoms with Gasteiger partial charge >= 0.3 is 0 Å². The first-order chi connectivity index (χ1) is 8.99. The molecule has 1 amide bonds. The Bertz CT molecular complexity index is 472. The predicted molar refractivity (Wildman–Crippen MR) is 72.2 cm³/mol. The molecular formula is C14H20N2O3. The van der Waals surface area contributed by atoms with Crippen LogP contribution in [0.3, 0.4) is 0 Å². The predicted octanol–water partition coefficient (Wildman–Crippen LogP) is 1.20. The maximum absolute atomic E-state index is 11.2. The van der Waals surface area contributed by atoms with Gasteiger partial charge in [0.05, 0.1) is 18.8 Å². The number of amides is 1. The summed E-state index contributed by atoms with van der Waals surface area (Å²) in [6.07, 6.45) is 0.886. The first-order valence-corrected chi connectivity index (χ1v) is 6.42. The number of nitrogens with two attached hydrogens (primary N) is 1. The highest BCUT2D eigenvalue weighted by Gasteiger charge is 2.23. The summed E-state index contributed by atoms with van der Waals surface area (Å²) in [6, 6.07) is 5.79. The number of hydrogen-bond acceptors (Lipinski definition) is 4. The molecule has 3 N–H and O–H groups in total. The highest BCUT2D eigenvalue weighted by atomic mass is 16.5. The Kier molecular flexibility index (Phi) is 3.95. The lowest BCUT2D eigenvalue weighted by atomic mass is 10.0. The molecule has 0 radical (unpaired) electrons. The Labute approximate surface area is 113 Å². The second-order valence-corrected chi connectivity index (χ2v) is 5.17. The second kappa shape index (κ2) is 5.48. The first kappa shape index (κ1) is 13.7. The molecule has 1 heterocycles. The fourth-order valence-electron chi connectivity index (χ4n) is 1.73. The number of carbonyl (C=O) groups excluding carboxylic acids is 1. The van der Waals surface area contributed by atoms with Crippen LogP contribution in [0.5, 0.6) is 11.5 Å². The number of rotatable bonds is 4. The number of benzene rings is 1. The van der Waals surface area contributed by atoms with Gasteiger partial charge in [-0.25, -0.2) is 0 Å². The molecule has 1 aromatic carbocycles. The molecule has 1 aliphatic rings. The van der Waals surface area contributed by atoms with Crippen molar-refractivity contribution in [1.29, 1.82) is 0 Å². The average Bonchev–Trinajstić information content (AvgIpc) is 2.60. The van der Waals surface area contributed by atoms with Crippen molar-refractivity contribution in [2.75, 3.05) is 13.2 Å². The normalized spacial score (nSPS) is 14.8. The number of primary amides is 1. The summed E-state index contributed by atoms with van der Waals surface area (Å²) in [5, 5.41) is 3.13. The second-order valence-electron chi connectivity index (χ2n) is 5.17. The summed E-state index contributed by atoms with van der Waals surface area (Å²) in [6.45, 7) is 5.42. The summed E-state index contributed by atoms with van der Waals surface area (Å²) in [5.74, 6) is 1.16. The quantitative estimate of drug-likeness (QED) is 0.857. The van der Waals surface area contributed by atoms with Crippen molar-refractivity contribution in [2.24, 2.45) is 5.73 Å². The van der Waals surface area contributed by atoms with E-state index in [1.54, 1.807) is 13.8 Å². The zero-order valence-electron chi connectivity index (χ0n) is 11.4. The molecule has 1 aromatic rings. The van der Waals surface area contributed by atoms with Crippen LogP contribution in [-0.2, 0) is 11.3 Å². The molecule has 0 saturated heterocycles. The van der Waals surface area contributed by atoms with Crippen molar-refractivity contribution in [1.82, 2.24) is 5.32 Å². The van der Waals surface area contributed by atoms with E-state index in [9.17, 15) is 4.79 Å². The van der Waals surface area contributed by atoms with E-state index in [0.29, 0.717) is 19.8 Å². The number of hydrogen-bond donors (Lipinski definition) is 2. The Morgan fingerprint density at radius 2 is 2.00 bits per heavy atom. The lowest BCUT2D eigenvalue weighted by molar-refractivity contribution is -0.123. The molecule has 0 spiro atoms. The van der Waals surface area contributed by atoms with Crippen molar-refractivity contribution in [3.63, 3.8) is 0 Å². The Morgan fingerprint density at radius 1 is 1.32 bits per heavy atom. The van der Waals surface area contributed by atoms with Gasteiger partial charge in [0.25, 0.3) is 0 Å². The van der Waals surface area contributed by atoms with Crippen molar-refractivity contribution < 1.29 is 14.3 Å². The van der Waals surface area contributed by atoms with Gasteiger partial charge in [0.15, 0.2) is 11.5 Å². The molecule has 0 atom stereocenters. The molecule has 0 bridgehead atoms. The SMILES string of the molecule is CC(C)(NCc1ccc2c(c1)OCCCO2)C(N)=O. The molecule has 0 aromatic heterocycles. The van der Waals surface area contributed by atoms with Crippen molar-refractivity contribution in [2.45, 2.75) is 32.4 Å². The molecule has 19 heavy (non-hydrogen) atoms. The number of nitrogens with one attached hydrogen (secondary N) is 1. The maximum atomic E-state index is 11.2. The van der Waals surface area contributed by atoms with Crippen molar-refractivity contribution in [3.8, 4) is 11.5 Å². The van der Waals surface area contributed by atoms with Gasteiger partial charge in [-0.1, -0.05) is 6.07 Å². The minimum absolute atomic E-state index is 0.373. The lowest BCUT2D eigenvalue weighted by Crippen LogP contribution is -2.50. The van der Waals surface area contributed by atoms with E-state index >= 15 is 0 Å². The van der Waals surface area contributed by atoms with E-state index in [-0.39, 0.29) is 5.91 Å². The monoisotopic (exact) mass is 264 g/mol. The van der Waals surface area contributed by atoms with Crippen LogP contribution in [0.1, 0.15) is 25.8 Å². The highest BCUT2D eigenvalue weighted by molar-refractivity contribution is 5.83. The fraction of sp³-hybridized carbons (Fsp3) is 0.500. The van der Waals surface area contributed by atoms with Crippen molar-refractivity contribution in [3.05, 3.63) is 23.8 Å². The fourth-order valence-corrected chi connectivity index (χ4v) is 1.73. The number of ether oxygens (including phenoxy) is 2. The van der Waals surface area contributed by atoms with E-state index in [1.165, 1.54) is 0 Å². The van der Waals surface area contributed by atoms with Crippen molar-refractivity contribution >= 4 is 5.91 Å². The van der Waals surface area contributed by atoms with E-state index in [2.05, 4.69) is 5.32 Å². The molecule has 104 valence electrons. The van der Waals surface area contributed by atoms with Crippen LogP contribution in [0, 0.1) is 0 Å². The van der Waals surface area contributed by atoms with Crippen LogP contribution < -0.4 is 20.5 Å². The smallest absolute Gasteiger partial charge is 0.237 e. The van der Waals surface area contributed by atoms with Gasteiger partial charge in [0, 0.05) is 13.0 Å². The summed E-state index contributed by atoms with van der Waals surface area (Å²) in [5.41, 5.74) is 5.61. The van der Waals surface area contributed by atoms with Gasteiger partial charge in [-0.3, -0.25) is 10.1 Å². The molecule has 5 nitrogen and oxygen atoms in total. The summed E-state index contributed by atoms with van der Waals surface area (Å²) >= 11 is 0. The van der Waals surface area contributed by atoms with Gasteiger partial charge in [-0.2, -0.15) is 0 Å². The topological polar surface area (TPSA) is 73.6 Å². The Hall–Kier alpha value is -1.75. The summed E-state index contributed by atoms with van der Waals surface area (Å²) in [4.78, 5) is 11.2. The summed E-state index contributed by atoms with van der Waals surface area (Å²) in [7, 11) is 0. The maximum Gasteiger partial charge on any atom is 0.237 e. The minimum atomic E-state index is -0.732. The van der Waals surface area contributed by atoms with Crippen LogP contribution in [0.15, 0.2) is 18.2 Å². The minimum Gasteiger partial charge on any atom is -0.490 e. The van der Waals surface area contributed by atoms with Gasteiger partial charge in [-0.05, 0) is 31.5 Å². The zero-order valence-corrected chi connectivity index (χ0v) is 11.4. The van der Waals surface area contributed by atoms with E-state index < -0.39 is 5.54 Å². The lowest BCUT2D eigenvalue weighted by Gasteiger charge is -2.22. The van der Waals surface area contributed by atoms with E-state index in [4.69, 9.17) is 15.2 Å². The van der Waals surface area contributed by atoms with Crippen LogP contribution >= 0.6 is 0 Å². The van der Waals surface area contributed by atoms with E-state index in [0.717, 1.165) is 23.5 Å². The van der Waals surface area contributed by atoms with Crippen LogP contribution in [0.25, 0.3) is 0 Å². The molecule has 1 aliphatic heterocycles. The number of fused-ring (bicyclic) bond motifs is 1. The molecule has 0 unspecified atom stereocenters. The van der Waals surface area contributed by atoms with Gasteiger partial charge < -0.3 is 15.2 Å². The Morgan fingerprint density at radius 3 is 2.68 bits per heavy atom. The third kappa shape index (κ3) is 3.38. The van der Waals surface area contributed by atoms with E-state index in [1.807, 2.05) is 18.2 Å². The Balaban J connectivity index is 2.06.